The van der Waals surface area contributed by atoms with Crippen LogP contribution in [0.25, 0.3) is 0 Å². The van der Waals surface area contributed by atoms with Gasteiger partial charge in [-0.05, 0) is 26.0 Å². The maximum atomic E-state index is 13.5. The van der Waals surface area contributed by atoms with E-state index in [1.165, 1.54) is 6.07 Å². The van der Waals surface area contributed by atoms with Gasteiger partial charge in [0.2, 0.25) is 0 Å². The van der Waals surface area contributed by atoms with Gasteiger partial charge in [-0.1, -0.05) is 26.0 Å². The highest BCUT2D eigenvalue weighted by Gasteiger charge is 2.50. The topological polar surface area (TPSA) is 0 Å². The molecule has 1 aromatic rings. The third-order valence-corrected chi connectivity index (χ3v) is 4.64. The molecule has 0 aromatic heterocycles. The fourth-order valence-corrected chi connectivity index (χ4v) is 3.54. The van der Waals surface area contributed by atoms with Crippen molar-refractivity contribution < 1.29 is 8.87 Å². The number of benzene rings is 1. The van der Waals surface area contributed by atoms with Gasteiger partial charge in [0.05, 0.1) is 19.6 Å². The molecule has 1 nitrogen and oxygen atoms in total. The Morgan fingerprint density at radius 1 is 1.33 bits per heavy atom. The molecular formula is C16H25FN+. The van der Waals surface area contributed by atoms with E-state index >= 15 is 0 Å². The summed E-state index contributed by atoms with van der Waals surface area (Å²) in [6.07, 6.45) is 1.13. The second-order valence-corrected chi connectivity index (χ2v) is 7.04. The lowest BCUT2D eigenvalue weighted by Gasteiger charge is -2.40. The lowest BCUT2D eigenvalue weighted by Crippen LogP contribution is -2.49. The first-order chi connectivity index (χ1) is 8.24. The number of hydrogen-bond donors (Lipinski definition) is 0. The summed E-state index contributed by atoms with van der Waals surface area (Å²) in [7, 11) is 2.31. The molecule has 1 aliphatic heterocycles. The highest BCUT2D eigenvalue weighted by molar-refractivity contribution is 5.20. The molecule has 1 aromatic carbocycles. The molecule has 2 heteroatoms. The van der Waals surface area contributed by atoms with E-state index < -0.39 is 0 Å². The summed E-state index contributed by atoms with van der Waals surface area (Å²) in [6, 6.07) is 8.12. The molecule has 0 spiro atoms. The van der Waals surface area contributed by atoms with E-state index in [4.69, 9.17) is 0 Å². The van der Waals surface area contributed by atoms with Crippen molar-refractivity contribution in [2.75, 3.05) is 13.6 Å². The Balaban J connectivity index is 2.42. The van der Waals surface area contributed by atoms with E-state index in [1.54, 1.807) is 6.07 Å². The third-order valence-electron chi connectivity index (χ3n) is 4.64. The summed E-state index contributed by atoms with van der Waals surface area (Å²) >= 11 is 0. The summed E-state index contributed by atoms with van der Waals surface area (Å²) in [6.45, 7) is 10.4. The molecule has 0 aliphatic carbocycles. The monoisotopic (exact) mass is 250 g/mol. The van der Waals surface area contributed by atoms with Crippen LogP contribution in [-0.4, -0.2) is 24.1 Å². The van der Waals surface area contributed by atoms with Crippen LogP contribution < -0.4 is 0 Å². The van der Waals surface area contributed by atoms with Gasteiger partial charge in [-0.15, -0.1) is 0 Å². The van der Waals surface area contributed by atoms with E-state index in [1.807, 2.05) is 6.07 Å². The first-order valence-corrected chi connectivity index (χ1v) is 6.85. The molecule has 1 saturated heterocycles. The maximum Gasteiger partial charge on any atom is 0.123 e. The number of nitrogens with zero attached hydrogens (tertiary/aromatic N) is 1. The lowest BCUT2D eigenvalue weighted by molar-refractivity contribution is -0.948. The van der Waals surface area contributed by atoms with Gasteiger partial charge in [0.1, 0.15) is 11.9 Å². The van der Waals surface area contributed by atoms with Crippen LogP contribution in [0.1, 0.15) is 45.7 Å². The van der Waals surface area contributed by atoms with E-state index in [2.05, 4.69) is 40.8 Å². The largest absolute Gasteiger partial charge is 0.317 e. The predicted molar refractivity (Wildman–Crippen MR) is 73.7 cm³/mol. The second kappa shape index (κ2) is 4.34. The van der Waals surface area contributed by atoms with Crippen LogP contribution in [0.2, 0.25) is 0 Å². The zero-order valence-electron chi connectivity index (χ0n) is 12.2. The van der Waals surface area contributed by atoms with Gasteiger partial charge >= 0.3 is 0 Å². The minimum atomic E-state index is -0.118. The maximum absolute atomic E-state index is 13.5. The molecule has 1 aliphatic rings. The first-order valence-electron chi connectivity index (χ1n) is 6.85. The second-order valence-electron chi connectivity index (χ2n) is 7.04. The van der Waals surface area contributed by atoms with Gasteiger partial charge in [-0.2, -0.15) is 0 Å². The highest BCUT2D eigenvalue weighted by Crippen LogP contribution is 2.48. The SMILES string of the molecule is CC(C)[N+]1(C)CC(C)(C)CC1c1cccc(F)c1. The van der Waals surface area contributed by atoms with E-state index in [9.17, 15) is 4.39 Å². The smallest absolute Gasteiger partial charge is 0.123 e. The molecule has 2 unspecified atom stereocenters. The molecule has 0 radical (unpaired) electrons. The zero-order chi connectivity index (χ0) is 13.6. The normalized spacial score (nSPS) is 30.9. The highest BCUT2D eigenvalue weighted by atomic mass is 19.1. The Labute approximate surface area is 110 Å². The molecule has 0 saturated carbocycles. The zero-order valence-corrected chi connectivity index (χ0v) is 12.2. The standard InChI is InChI=1S/C16H25FN/c1-12(2)18(5)11-16(3,4)10-15(18)13-7-6-8-14(17)9-13/h6-9,12,15H,10-11H2,1-5H3/q+1. The molecule has 1 heterocycles. The molecule has 0 amide bonds. The van der Waals surface area contributed by atoms with Crippen molar-refractivity contribution in [1.29, 1.82) is 0 Å². The molecule has 0 N–H and O–H groups in total. The Bertz CT molecular complexity index is 438. The van der Waals surface area contributed by atoms with E-state index in [0.29, 0.717) is 17.5 Å². The van der Waals surface area contributed by atoms with Gasteiger partial charge in [0, 0.05) is 17.4 Å². The number of likely N-dealkylation sites (tertiary alicyclic amines) is 1. The Morgan fingerprint density at radius 2 is 2.00 bits per heavy atom. The van der Waals surface area contributed by atoms with Crippen molar-refractivity contribution in [2.45, 2.75) is 46.2 Å². The average molecular weight is 250 g/mol. The first kappa shape index (κ1) is 13.5. The van der Waals surface area contributed by atoms with Crippen LogP contribution in [0, 0.1) is 11.2 Å². The average Bonchev–Trinajstić information content (AvgIpc) is 2.50. The number of rotatable bonds is 2. The van der Waals surface area contributed by atoms with Crippen molar-refractivity contribution in [1.82, 2.24) is 0 Å². The number of halogens is 1. The summed E-state index contributed by atoms with van der Waals surface area (Å²) < 4.78 is 14.5. The Kier molecular flexibility index (Phi) is 3.26. The van der Waals surface area contributed by atoms with Crippen molar-refractivity contribution in [3.8, 4) is 0 Å². The summed E-state index contributed by atoms with van der Waals surface area (Å²) in [5, 5.41) is 0. The minimum Gasteiger partial charge on any atom is -0.317 e. The van der Waals surface area contributed by atoms with Crippen LogP contribution in [0.15, 0.2) is 24.3 Å². The molecule has 2 atom stereocenters. The van der Waals surface area contributed by atoms with Crippen LogP contribution in [0.3, 0.4) is 0 Å². The van der Waals surface area contributed by atoms with Crippen LogP contribution in [0.4, 0.5) is 4.39 Å². The Morgan fingerprint density at radius 3 is 2.56 bits per heavy atom. The quantitative estimate of drug-likeness (QED) is 0.692. The molecule has 2 rings (SSSR count). The third kappa shape index (κ3) is 2.31. The van der Waals surface area contributed by atoms with Crippen LogP contribution >= 0.6 is 0 Å². The van der Waals surface area contributed by atoms with Crippen LogP contribution in [0.5, 0.6) is 0 Å². The van der Waals surface area contributed by atoms with Crippen molar-refractivity contribution in [3.05, 3.63) is 35.6 Å². The molecule has 18 heavy (non-hydrogen) atoms. The fourth-order valence-electron chi connectivity index (χ4n) is 3.54. The predicted octanol–water partition coefficient (Wildman–Crippen LogP) is 4.15. The summed E-state index contributed by atoms with van der Waals surface area (Å²) in [5.74, 6) is -0.118. The molecule has 100 valence electrons. The van der Waals surface area contributed by atoms with Gasteiger partial charge in [-0.3, -0.25) is 0 Å². The van der Waals surface area contributed by atoms with Crippen molar-refractivity contribution in [2.24, 2.45) is 5.41 Å². The van der Waals surface area contributed by atoms with E-state index in [0.717, 1.165) is 23.0 Å². The summed E-state index contributed by atoms with van der Waals surface area (Å²) in [5.41, 5.74) is 1.48. The number of quaternary nitrogens is 1. The van der Waals surface area contributed by atoms with Gasteiger partial charge in [-0.25, -0.2) is 4.39 Å². The summed E-state index contributed by atoms with van der Waals surface area (Å²) in [4.78, 5) is 0. The van der Waals surface area contributed by atoms with Gasteiger partial charge in [0.25, 0.3) is 0 Å². The minimum absolute atomic E-state index is 0.118. The van der Waals surface area contributed by atoms with Crippen molar-refractivity contribution in [3.63, 3.8) is 0 Å². The van der Waals surface area contributed by atoms with Gasteiger partial charge < -0.3 is 4.48 Å². The van der Waals surface area contributed by atoms with Gasteiger partial charge in [0.15, 0.2) is 0 Å². The Hall–Kier alpha value is -0.890. The van der Waals surface area contributed by atoms with E-state index in [-0.39, 0.29) is 5.82 Å². The molecule has 1 fully saturated rings. The number of hydrogen-bond acceptors (Lipinski definition) is 0. The van der Waals surface area contributed by atoms with Crippen molar-refractivity contribution >= 4 is 0 Å². The van der Waals surface area contributed by atoms with Crippen LogP contribution in [-0.2, 0) is 0 Å². The lowest BCUT2D eigenvalue weighted by atomic mass is 9.89. The molecule has 0 bridgehead atoms. The fraction of sp³-hybridized carbons (Fsp3) is 0.625. The molecular weight excluding hydrogens is 225 g/mol.